The topological polar surface area (TPSA) is 49.4 Å². The van der Waals surface area contributed by atoms with Crippen LogP contribution in [0, 0.1) is 5.92 Å². The number of carbonyl (C=O) groups excluding carboxylic acids is 2. The monoisotopic (exact) mass is 432 g/mol. The smallest absolute Gasteiger partial charge is 0.254 e. The summed E-state index contributed by atoms with van der Waals surface area (Å²) < 4.78 is 0. The average Bonchev–Trinajstić information content (AvgIpc) is 3.30. The van der Waals surface area contributed by atoms with Crippen molar-refractivity contribution in [3.8, 4) is 0 Å². The Hall–Kier alpha value is -2.92. The van der Waals surface area contributed by atoms with Gasteiger partial charge in [0.2, 0.25) is 5.91 Å². The molecule has 2 aromatic carbocycles. The molecule has 0 spiro atoms. The van der Waals surface area contributed by atoms with Crippen molar-refractivity contribution in [2.24, 2.45) is 5.92 Å². The summed E-state index contributed by atoms with van der Waals surface area (Å²) in [5.41, 5.74) is 2.50. The molecule has 1 aliphatic heterocycles. The van der Waals surface area contributed by atoms with Crippen molar-refractivity contribution in [3.63, 3.8) is 0 Å². The summed E-state index contributed by atoms with van der Waals surface area (Å²) in [7, 11) is 0. The normalized spacial score (nSPS) is 19.2. The highest BCUT2D eigenvalue weighted by Gasteiger charge is 2.44. The quantitative estimate of drug-likeness (QED) is 0.554. The molecule has 2 amide bonds. The van der Waals surface area contributed by atoms with Crippen LogP contribution in [0.25, 0.3) is 0 Å². The Morgan fingerprint density at radius 1 is 1.00 bits per heavy atom. The maximum Gasteiger partial charge on any atom is 0.254 e. The van der Waals surface area contributed by atoms with Gasteiger partial charge in [-0.25, -0.2) is 0 Å². The van der Waals surface area contributed by atoms with Crippen molar-refractivity contribution in [3.05, 3.63) is 93.7 Å². The summed E-state index contributed by atoms with van der Waals surface area (Å²) in [6.07, 6.45) is 0. The number of nitrogens with zero attached hydrogens (tertiary/aromatic N) is 1. The molecule has 1 aromatic heterocycles. The number of fused-ring (bicyclic) bond motifs is 1. The van der Waals surface area contributed by atoms with Crippen LogP contribution >= 0.6 is 11.3 Å². The van der Waals surface area contributed by atoms with Gasteiger partial charge in [-0.3, -0.25) is 9.59 Å². The van der Waals surface area contributed by atoms with Crippen LogP contribution in [0.15, 0.2) is 72.1 Å². The lowest BCUT2D eigenvalue weighted by atomic mass is 9.81. The summed E-state index contributed by atoms with van der Waals surface area (Å²) in [6, 6.07) is 21.1. The van der Waals surface area contributed by atoms with Crippen LogP contribution in [0.1, 0.15) is 65.1 Å². The standard InChI is InChI=1S/C26H28N2O2S/c1-17(2)16-28-24(22-14-9-15-31-22)23(20-12-7-8-13-21(20)26(28)30)25(29)27-18(3)19-10-5-4-6-11-19/h4-15,17-18,23-24H,16H2,1-3H3,(H,27,29)/t18-,23+,24+/m1/s1. The summed E-state index contributed by atoms with van der Waals surface area (Å²) in [6.45, 7) is 6.81. The van der Waals surface area contributed by atoms with Crippen molar-refractivity contribution in [2.75, 3.05) is 6.54 Å². The molecule has 0 saturated carbocycles. The van der Waals surface area contributed by atoms with Gasteiger partial charge >= 0.3 is 0 Å². The van der Waals surface area contributed by atoms with E-state index in [1.165, 1.54) is 0 Å². The molecule has 0 fully saturated rings. The summed E-state index contributed by atoms with van der Waals surface area (Å²) in [5, 5.41) is 5.22. The van der Waals surface area contributed by atoms with Gasteiger partial charge in [0.05, 0.1) is 18.0 Å². The van der Waals surface area contributed by atoms with Crippen molar-refractivity contribution < 1.29 is 9.59 Å². The molecular weight excluding hydrogens is 404 g/mol. The zero-order valence-electron chi connectivity index (χ0n) is 18.1. The lowest BCUT2D eigenvalue weighted by molar-refractivity contribution is -0.125. The van der Waals surface area contributed by atoms with Crippen LogP contribution in [0.3, 0.4) is 0 Å². The summed E-state index contributed by atoms with van der Waals surface area (Å²) >= 11 is 1.60. The van der Waals surface area contributed by atoms with Crippen molar-refractivity contribution in [1.82, 2.24) is 10.2 Å². The average molecular weight is 433 g/mol. The molecule has 0 radical (unpaired) electrons. The molecule has 160 valence electrons. The van der Waals surface area contributed by atoms with Gasteiger partial charge in [-0.05, 0) is 41.5 Å². The van der Waals surface area contributed by atoms with E-state index in [4.69, 9.17) is 0 Å². The van der Waals surface area contributed by atoms with Crippen LogP contribution in [0.2, 0.25) is 0 Å². The van der Waals surface area contributed by atoms with E-state index in [-0.39, 0.29) is 23.9 Å². The third-order valence-corrected chi connectivity index (χ3v) is 6.72. The highest BCUT2D eigenvalue weighted by molar-refractivity contribution is 7.10. The molecule has 2 heterocycles. The van der Waals surface area contributed by atoms with Gasteiger partial charge in [0.1, 0.15) is 0 Å². The molecule has 3 aromatic rings. The molecule has 4 rings (SSSR count). The third-order valence-electron chi connectivity index (χ3n) is 5.78. The minimum absolute atomic E-state index is 0.00265. The minimum Gasteiger partial charge on any atom is -0.349 e. The molecule has 0 unspecified atom stereocenters. The number of benzene rings is 2. The summed E-state index contributed by atoms with van der Waals surface area (Å²) in [5.74, 6) is -0.215. The van der Waals surface area contributed by atoms with Gasteiger partial charge in [0, 0.05) is 17.0 Å². The third kappa shape index (κ3) is 4.28. The van der Waals surface area contributed by atoms with Gasteiger partial charge in [-0.1, -0.05) is 68.4 Å². The van der Waals surface area contributed by atoms with Crippen molar-refractivity contribution >= 4 is 23.2 Å². The molecule has 4 nitrogen and oxygen atoms in total. The van der Waals surface area contributed by atoms with E-state index in [0.29, 0.717) is 18.0 Å². The highest BCUT2D eigenvalue weighted by atomic mass is 32.1. The molecule has 0 aliphatic carbocycles. The number of hydrogen-bond acceptors (Lipinski definition) is 3. The maximum atomic E-state index is 13.7. The lowest BCUT2D eigenvalue weighted by Crippen LogP contribution is -2.48. The van der Waals surface area contributed by atoms with E-state index in [9.17, 15) is 9.59 Å². The number of carbonyl (C=O) groups is 2. The second-order valence-electron chi connectivity index (χ2n) is 8.52. The van der Waals surface area contributed by atoms with Crippen molar-refractivity contribution in [2.45, 2.75) is 38.8 Å². The minimum atomic E-state index is -0.461. The second-order valence-corrected chi connectivity index (χ2v) is 9.50. The van der Waals surface area contributed by atoms with E-state index in [0.717, 1.165) is 16.0 Å². The van der Waals surface area contributed by atoms with Crippen molar-refractivity contribution in [1.29, 1.82) is 0 Å². The number of rotatable bonds is 6. The largest absolute Gasteiger partial charge is 0.349 e. The van der Waals surface area contributed by atoms with E-state index < -0.39 is 5.92 Å². The fraction of sp³-hybridized carbons (Fsp3) is 0.308. The first-order valence-electron chi connectivity index (χ1n) is 10.8. The first kappa shape index (κ1) is 21.3. The maximum absolute atomic E-state index is 13.7. The van der Waals surface area contributed by atoms with E-state index in [1.807, 2.05) is 83.9 Å². The van der Waals surface area contributed by atoms with Gasteiger partial charge < -0.3 is 10.2 Å². The SMILES string of the molecule is CC(C)CN1C(=O)c2ccccc2[C@H](C(=O)N[C@H](C)c2ccccc2)[C@@H]1c1cccs1. The molecule has 1 aliphatic rings. The van der Waals surface area contributed by atoms with Gasteiger partial charge in [0.25, 0.3) is 5.91 Å². The molecule has 5 heteroatoms. The number of amides is 2. The van der Waals surface area contributed by atoms with Gasteiger partial charge in [-0.2, -0.15) is 0 Å². The van der Waals surface area contributed by atoms with E-state index >= 15 is 0 Å². The molecule has 1 N–H and O–H groups in total. The Kier molecular flexibility index (Phi) is 6.23. The Morgan fingerprint density at radius 2 is 1.71 bits per heavy atom. The first-order valence-corrected chi connectivity index (χ1v) is 11.6. The fourth-order valence-corrected chi connectivity index (χ4v) is 5.25. The fourth-order valence-electron chi connectivity index (χ4n) is 4.37. The molecule has 0 bridgehead atoms. The highest BCUT2D eigenvalue weighted by Crippen LogP contribution is 2.44. The Morgan fingerprint density at radius 3 is 2.39 bits per heavy atom. The predicted octanol–water partition coefficient (Wildman–Crippen LogP) is 5.56. The number of thiophene rings is 1. The van der Waals surface area contributed by atoms with Gasteiger partial charge in [-0.15, -0.1) is 11.3 Å². The number of hydrogen-bond donors (Lipinski definition) is 1. The van der Waals surface area contributed by atoms with Gasteiger partial charge in [0.15, 0.2) is 0 Å². The van der Waals surface area contributed by atoms with Crippen LogP contribution in [0.5, 0.6) is 0 Å². The second kappa shape index (κ2) is 9.06. The lowest BCUT2D eigenvalue weighted by Gasteiger charge is -2.42. The first-order chi connectivity index (χ1) is 15.0. The zero-order chi connectivity index (χ0) is 22.0. The Labute approximate surface area is 187 Å². The molecular formula is C26H28N2O2S. The van der Waals surface area contributed by atoms with Crippen LogP contribution in [0.4, 0.5) is 0 Å². The van der Waals surface area contributed by atoms with Crippen LogP contribution in [-0.4, -0.2) is 23.3 Å². The summed E-state index contributed by atoms with van der Waals surface area (Å²) in [4.78, 5) is 30.1. The predicted molar refractivity (Wildman–Crippen MR) is 125 cm³/mol. The number of nitrogens with one attached hydrogen (secondary N) is 1. The van der Waals surface area contributed by atoms with E-state index in [2.05, 4.69) is 19.2 Å². The van der Waals surface area contributed by atoms with E-state index in [1.54, 1.807) is 11.3 Å². The zero-order valence-corrected chi connectivity index (χ0v) is 18.9. The molecule has 0 saturated heterocycles. The van der Waals surface area contributed by atoms with Crippen LogP contribution in [-0.2, 0) is 4.79 Å². The Balaban J connectivity index is 1.77. The van der Waals surface area contributed by atoms with Crippen LogP contribution < -0.4 is 5.32 Å². The molecule has 31 heavy (non-hydrogen) atoms. The Bertz CT molecular complexity index is 1050. The molecule has 3 atom stereocenters.